The van der Waals surface area contributed by atoms with Gasteiger partial charge in [-0.3, -0.25) is 0 Å². The highest BCUT2D eigenvalue weighted by Crippen LogP contribution is 2.38. The van der Waals surface area contributed by atoms with Crippen LogP contribution in [0.3, 0.4) is 0 Å². The molecule has 2 N–H and O–H groups in total. The highest BCUT2D eigenvalue weighted by molar-refractivity contribution is 7.92. The average molecular weight is 1850 g/mol. The summed E-state index contributed by atoms with van der Waals surface area (Å²) in [6.07, 6.45) is 1.01. The van der Waals surface area contributed by atoms with Gasteiger partial charge < -0.3 is 43.4 Å². The van der Waals surface area contributed by atoms with Crippen LogP contribution in [0, 0.1) is 13.8 Å². The number of benzene rings is 18. The molecular weight excluding hydrogens is 1760 g/mol. The minimum absolute atomic E-state index is 0.154. The Morgan fingerprint density at radius 1 is 0.179 bits per heavy atom. The molecule has 0 unspecified atom stereocenters. The molecule has 0 aliphatic carbocycles. The van der Waals surface area contributed by atoms with Crippen molar-refractivity contribution in [3.8, 4) is 142 Å². The highest BCUT2D eigenvalue weighted by Gasteiger charge is 2.23. The van der Waals surface area contributed by atoms with Gasteiger partial charge in [-0.2, -0.15) is 0 Å². The monoisotopic (exact) mass is 1840 g/mol. The molecule has 0 amide bonds. The van der Waals surface area contributed by atoms with E-state index in [1.165, 1.54) is 29.8 Å². The second-order valence-corrected chi connectivity index (χ2v) is 38.9. The van der Waals surface area contributed by atoms with Gasteiger partial charge in [0.2, 0.25) is 39.3 Å². The third-order valence-electron chi connectivity index (χ3n) is 21.9. The lowest BCUT2D eigenvalue weighted by molar-refractivity contribution is 0.415. The Morgan fingerprint density at radius 3 is 0.455 bits per heavy atom. The van der Waals surface area contributed by atoms with E-state index in [1.54, 1.807) is 201 Å². The Morgan fingerprint density at radius 2 is 0.306 bits per heavy atom. The molecule has 18 aromatic rings. The summed E-state index contributed by atoms with van der Waals surface area (Å²) in [4.78, 5) is 1.58. The fourth-order valence-corrected chi connectivity index (χ4v) is 19.3. The molecule has 666 valence electrons. The van der Waals surface area contributed by atoms with E-state index < -0.39 is 39.3 Å². The van der Waals surface area contributed by atoms with Crippen molar-refractivity contribution in [3.63, 3.8) is 0 Å². The zero-order valence-corrected chi connectivity index (χ0v) is 76.2. The van der Waals surface area contributed by atoms with Crippen molar-refractivity contribution in [3.05, 3.63) is 453 Å². The maximum atomic E-state index is 13.3. The van der Waals surface area contributed by atoms with Gasteiger partial charge in [-0.1, -0.05) is 176 Å². The van der Waals surface area contributed by atoms with Crippen molar-refractivity contribution < 1.29 is 77.0 Å². The van der Waals surface area contributed by atoms with Gasteiger partial charge in [0.25, 0.3) is 0 Å². The van der Waals surface area contributed by atoms with Crippen molar-refractivity contribution in [2.45, 2.75) is 66.4 Å². The van der Waals surface area contributed by atoms with Crippen LogP contribution in [0.1, 0.15) is 23.6 Å². The first kappa shape index (κ1) is 91.3. The molecule has 21 heteroatoms. The molecule has 0 heterocycles. The van der Waals surface area contributed by atoms with Gasteiger partial charge in [-0.15, -0.1) is 0 Å². The summed E-state index contributed by atoms with van der Waals surface area (Å²) in [6, 6.07) is 128. The van der Waals surface area contributed by atoms with Crippen molar-refractivity contribution in [2.24, 2.45) is 0 Å². The van der Waals surface area contributed by atoms with Crippen molar-refractivity contribution in [1.29, 1.82) is 0 Å². The maximum absolute atomic E-state index is 13.3. The Labute approximate surface area is 779 Å². The van der Waals surface area contributed by atoms with Gasteiger partial charge >= 0.3 is 0 Å². The molecule has 0 spiro atoms. The summed E-state index contributed by atoms with van der Waals surface area (Å²) in [7, 11) is -13.0. The molecule has 18 aromatic carbocycles. The number of aromatic hydroxyl groups is 2. The molecule has 17 nitrogen and oxygen atoms in total. The van der Waals surface area contributed by atoms with Gasteiger partial charge in [-0.05, 0) is 361 Å². The number of ether oxygens (including phenoxy) is 7. The van der Waals surface area contributed by atoms with Gasteiger partial charge in [0.1, 0.15) is 86.2 Å². The van der Waals surface area contributed by atoms with Crippen LogP contribution in [0.15, 0.2) is 476 Å². The third-order valence-corrected chi connectivity index (χ3v) is 29.0. The van der Waals surface area contributed by atoms with Crippen LogP contribution in [0.5, 0.6) is 86.2 Å². The van der Waals surface area contributed by atoms with Crippen LogP contribution in [-0.2, 0) is 45.8 Å². The van der Waals surface area contributed by atoms with Gasteiger partial charge in [0.05, 0.1) is 46.3 Å². The van der Waals surface area contributed by atoms with Gasteiger partial charge in [0, 0.05) is 0 Å². The van der Waals surface area contributed by atoms with Crippen molar-refractivity contribution in [2.75, 3.05) is 7.11 Å². The van der Waals surface area contributed by atoms with Gasteiger partial charge in [-0.25, -0.2) is 33.7 Å². The zero-order valence-electron chi connectivity index (χ0n) is 72.9. The minimum atomic E-state index is -3.74. The van der Waals surface area contributed by atoms with E-state index in [0.717, 1.165) is 78.9 Å². The second kappa shape index (κ2) is 41.0. The Hall–Kier alpha value is -16.0. The first-order valence-electron chi connectivity index (χ1n) is 42.6. The molecule has 0 aliphatic heterocycles. The molecule has 18 rings (SSSR count). The summed E-state index contributed by atoms with van der Waals surface area (Å²) in [5, 5.41) is 19.0. The first-order chi connectivity index (χ1) is 64.8. The fraction of sp³-hybridized carbons (Fsp3) is 0.0442. The summed E-state index contributed by atoms with van der Waals surface area (Å²) in [6.45, 7) is 5.97. The van der Waals surface area contributed by atoms with Crippen LogP contribution < -0.4 is 33.2 Å². The van der Waals surface area contributed by atoms with E-state index >= 15 is 0 Å². The lowest BCUT2D eigenvalue weighted by Gasteiger charge is -2.10. The average Bonchev–Trinajstić information content (AvgIpc) is 0.805. The van der Waals surface area contributed by atoms with Crippen LogP contribution in [-0.4, -0.2) is 51.0 Å². The number of hydrogen-bond acceptors (Lipinski definition) is 17. The summed E-state index contributed by atoms with van der Waals surface area (Å²) >= 11 is 0. The topological polar surface area (TPSA) is 242 Å². The van der Waals surface area contributed by atoms with E-state index in [0.29, 0.717) is 69.0 Å². The van der Waals surface area contributed by atoms with Crippen molar-refractivity contribution >= 4 is 39.3 Å². The molecule has 0 atom stereocenters. The van der Waals surface area contributed by atoms with Crippen LogP contribution in [0.25, 0.3) is 55.6 Å². The summed E-state index contributed by atoms with van der Waals surface area (Å²) < 4.78 is 146. The predicted octanol–water partition coefficient (Wildman–Crippen LogP) is 28.1. The number of phenols is 2. The van der Waals surface area contributed by atoms with E-state index in [9.17, 15) is 43.9 Å². The quantitative estimate of drug-likeness (QED) is 0.0486. The van der Waals surface area contributed by atoms with E-state index in [4.69, 9.17) is 33.2 Å². The second-order valence-electron chi connectivity index (χ2n) is 31.1. The molecule has 134 heavy (non-hydrogen) atoms. The number of hydrogen-bond donors (Lipinski definition) is 2. The molecule has 0 bridgehead atoms. The van der Waals surface area contributed by atoms with Crippen LogP contribution in [0.4, 0.5) is 0 Å². The molecular formula is C113H88O17S4. The zero-order chi connectivity index (χ0) is 93.4. The molecule has 0 aromatic heterocycles. The number of aryl methyl sites for hydroxylation is 3. The van der Waals surface area contributed by atoms with E-state index in [-0.39, 0.29) is 50.7 Å². The fourth-order valence-electron chi connectivity index (χ4n) is 14.2. The summed E-state index contributed by atoms with van der Waals surface area (Å²) in [5.41, 5.74) is 13.5. The highest BCUT2D eigenvalue weighted by atomic mass is 32.2. The third kappa shape index (κ3) is 22.7. The number of rotatable bonds is 27. The maximum Gasteiger partial charge on any atom is 0.206 e. The smallest absolute Gasteiger partial charge is 0.206 e. The van der Waals surface area contributed by atoms with E-state index in [2.05, 4.69) is 31.2 Å². The SMILES string of the molecule is CCc1ccc(-c2ccc(Oc3ccc(S(=O)(=O)c4ccc(Oc5ccc(-c6ccc(OC)cc6)cc5)cc4)cc3)cc2)cc1.Cc1ccc(S(=O)(=O)c2ccc(Oc3ccc(-c4ccc(Oc5ccc(S(=O)(=O)c6ccc(C)cc6)cc5)cc4)cc3)cc2)cc1.O=S(=O)(c1ccc(Oc2ccc(-c3ccc(O)cc3)cc2)cc1)c1ccc(Oc2ccc(-c3ccc(O)cc3)cc2)cc1. The largest absolute Gasteiger partial charge is 0.508 e. The summed E-state index contributed by atoms with van der Waals surface area (Å²) in [5.74, 6) is 8.18. The minimum Gasteiger partial charge on any atom is -0.508 e. The Balaban J connectivity index is 0.000000146. The van der Waals surface area contributed by atoms with Crippen molar-refractivity contribution in [1.82, 2.24) is 0 Å². The molecule has 0 saturated heterocycles. The van der Waals surface area contributed by atoms with E-state index in [1.807, 2.05) is 208 Å². The predicted molar refractivity (Wildman–Crippen MR) is 522 cm³/mol. The van der Waals surface area contributed by atoms with Crippen LogP contribution >= 0.6 is 0 Å². The number of sulfone groups is 4. The Kier molecular flexibility index (Phi) is 27.9. The first-order valence-corrected chi connectivity index (χ1v) is 48.5. The number of phenolic OH excluding ortho intramolecular Hbond substituents is 2. The molecule has 0 aliphatic rings. The Bertz CT molecular complexity index is 7080. The van der Waals surface area contributed by atoms with Gasteiger partial charge in [0.15, 0.2) is 0 Å². The lowest BCUT2D eigenvalue weighted by Crippen LogP contribution is -2.01. The normalized spacial score (nSPS) is 11.3. The van der Waals surface area contributed by atoms with Crippen LogP contribution in [0.2, 0.25) is 0 Å². The molecule has 0 saturated carbocycles. The number of methoxy groups -OCH3 is 1. The molecule has 0 fully saturated rings. The lowest BCUT2D eigenvalue weighted by atomic mass is 10.0. The molecule has 0 radical (unpaired) electrons. The standard InChI is InChI=1S/C39H32O5S.C38H30O6S2.C36H26O6S/c1-3-28-4-6-29(7-5-28)31-10-16-34(17-11-31)43-36-20-24-38(25-21-36)45(40,41)39-26-22-37(23-27-39)44-35-18-12-32(13-19-35)30-8-14-33(42-2)15-9-30;1-27-3-19-35(20-4-27)45(39,40)37-23-15-33(16-24-37)43-31-11-7-29(8-12-31)30-9-13-32(14-10-30)44-34-17-25-38(26-18-34)46(41,42)36-21-5-28(2)6-22-36;37-29-9-1-25(2-10-29)27-5-13-31(14-6-27)41-33-17-21-35(22-18-33)43(39,40)36-23-19-34(20-24-36)42-32-15-7-28(8-16-32)26-3-11-30(38)12-4-26/h4-27H,3H2,1-2H3;3-26H,1-2H3;1-24,37-38H.